The van der Waals surface area contributed by atoms with Crippen molar-refractivity contribution >= 4 is 22.2 Å². The second-order valence-corrected chi connectivity index (χ2v) is 7.18. The number of carbonyl (C=O) groups excluding carboxylic acids is 1. The van der Waals surface area contributed by atoms with E-state index in [0.717, 1.165) is 34.7 Å². The van der Waals surface area contributed by atoms with Crippen molar-refractivity contribution in [3.05, 3.63) is 39.8 Å². The maximum Gasteiger partial charge on any atom is 0.256 e. The van der Waals surface area contributed by atoms with Gasteiger partial charge in [-0.3, -0.25) is 4.79 Å². The third-order valence-corrected chi connectivity index (χ3v) is 5.92. The first-order chi connectivity index (χ1) is 11.7. The lowest BCUT2D eigenvalue weighted by molar-refractivity contribution is 0.0935. The van der Waals surface area contributed by atoms with Crippen LogP contribution in [-0.4, -0.2) is 20.1 Å². The minimum absolute atomic E-state index is 0.00558. The lowest BCUT2D eigenvalue weighted by atomic mass is 9.94. The number of benzene rings is 1. The molecule has 0 unspecified atom stereocenters. The molecule has 24 heavy (non-hydrogen) atoms. The predicted molar refractivity (Wildman–Crippen MR) is 94.3 cm³/mol. The SMILES string of the molecule is COc1ccc([C@@H]2NC(=O)c3c(sc4c3CCCC4)N2)c(OC)c1. The highest BCUT2D eigenvalue weighted by Gasteiger charge is 2.33. The Kier molecular flexibility index (Phi) is 3.84. The van der Waals surface area contributed by atoms with E-state index in [9.17, 15) is 4.79 Å². The van der Waals surface area contributed by atoms with Crippen molar-refractivity contribution in [2.45, 2.75) is 31.8 Å². The van der Waals surface area contributed by atoms with Crippen LogP contribution in [-0.2, 0) is 12.8 Å². The van der Waals surface area contributed by atoms with E-state index >= 15 is 0 Å². The molecule has 0 radical (unpaired) electrons. The zero-order valence-corrected chi connectivity index (χ0v) is 14.6. The Morgan fingerprint density at radius 1 is 1.12 bits per heavy atom. The number of anilines is 1. The number of carbonyl (C=O) groups is 1. The minimum Gasteiger partial charge on any atom is -0.497 e. The van der Waals surface area contributed by atoms with E-state index in [1.165, 1.54) is 23.3 Å². The molecule has 0 saturated carbocycles. The summed E-state index contributed by atoms with van der Waals surface area (Å²) < 4.78 is 10.7. The Hall–Kier alpha value is -2.21. The fourth-order valence-corrected chi connectivity index (χ4v) is 4.81. The van der Waals surface area contributed by atoms with E-state index < -0.39 is 0 Å². The number of ether oxygens (including phenoxy) is 2. The third kappa shape index (κ3) is 2.41. The summed E-state index contributed by atoms with van der Waals surface area (Å²) in [5, 5.41) is 7.53. The summed E-state index contributed by atoms with van der Waals surface area (Å²) in [4.78, 5) is 14.1. The van der Waals surface area contributed by atoms with E-state index in [-0.39, 0.29) is 12.1 Å². The number of amides is 1. The topological polar surface area (TPSA) is 59.6 Å². The highest BCUT2D eigenvalue weighted by Crippen LogP contribution is 2.42. The van der Waals surface area contributed by atoms with Gasteiger partial charge in [-0.2, -0.15) is 0 Å². The van der Waals surface area contributed by atoms with Crippen molar-refractivity contribution in [1.29, 1.82) is 0 Å². The van der Waals surface area contributed by atoms with Gasteiger partial charge in [0, 0.05) is 16.5 Å². The van der Waals surface area contributed by atoms with Gasteiger partial charge in [-0.25, -0.2) is 0 Å². The molecule has 1 aromatic heterocycles. The van der Waals surface area contributed by atoms with E-state index in [2.05, 4.69) is 10.6 Å². The summed E-state index contributed by atoms with van der Waals surface area (Å²) in [5.41, 5.74) is 2.98. The second-order valence-electron chi connectivity index (χ2n) is 6.07. The first-order valence-corrected chi connectivity index (χ1v) is 8.96. The van der Waals surface area contributed by atoms with Crippen LogP contribution in [0.25, 0.3) is 0 Å². The molecule has 1 aliphatic heterocycles. The van der Waals surface area contributed by atoms with Gasteiger partial charge in [0.15, 0.2) is 0 Å². The quantitative estimate of drug-likeness (QED) is 0.895. The number of fused-ring (bicyclic) bond motifs is 3. The van der Waals surface area contributed by atoms with Crippen molar-refractivity contribution in [3.63, 3.8) is 0 Å². The number of hydrogen-bond acceptors (Lipinski definition) is 5. The Labute approximate surface area is 145 Å². The lowest BCUT2D eigenvalue weighted by Crippen LogP contribution is -2.38. The average Bonchev–Trinajstić information content (AvgIpc) is 2.99. The molecular formula is C18H20N2O3S. The summed E-state index contributed by atoms with van der Waals surface area (Å²) in [5.74, 6) is 1.42. The van der Waals surface area contributed by atoms with Crippen LogP contribution in [0.15, 0.2) is 18.2 Å². The molecule has 2 aromatic rings. The van der Waals surface area contributed by atoms with Gasteiger partial charge in [-0.1, -0.05) is 0 Å². The van der Waals surface area contributed by atoms with Gasteiger partial charge in [0.1, 0.15) is 22.7 Å². The first-order valence-electron chi connectivity index (χ1n) is 8.15. The highest BCUT2D eigenvalue weighted by atomic mass is 32.1. The number of rotatable bonds is 3. The number of aryl methyl sites for hydroxylation is 1. The van der Waals surface area contributed by atoms with E-state index in [1.807, 2.05) is 18.2 Å². The molecule has 5 nitrogen and oxygen atoms in total. The molecule has 126 valence electrons. The van der Waals surface area contributed by atoms with Crippen LogP contribution in [0.1, 0.15) is 45.4 Å². The van der Waals surface area contributed by atoms with Crippen LogP contribution in [0.2, 0.25) is 0 Å². The van der Waals surface area contributed by atoms with Crippen LogP contribution in [0.4, 0.5) is 5.00 Å². The maximum absolute atomic E-state index is 12.7. The molecule has 1 aromatic carbocycles. The Morgan fingerprint density at radius 3 is 2.75 bits per heavy atom. The molecule has 1 amide bonds. The molecule has 0 bridgehead atoms. The molecule has 2 heterocycles. The zero-order valence-electron chi connectivity index (χ0n) is 13.8. The Balaban J connectivity index is 1.71. The zero-order chi connectivity index (χ0) is 16.7. The van der Waals surface area contributed by atoms with Crippen LogP contribution in [0.5, 0.6) is 11.5 Å². The monoisotopic (exact) mass is 344 g/mol. The van der Waals surface area contributed by atoms with E-state index in [1.54, 1.807) is 25.6 Å². The molecule has 0 saturated heterocycles. The van der Waals surface area contributed by atoms with Gasteiger partial charge in [-0.15, -0.1) is 11.3 Å². The molecule has 2 aliphatic rings. The normalized spacial score (nSPS) is 18.9. The highest BCUT2D eigenvalue weighted by molar-refractivity contribution is 7.16. The molecule has 0 spiro atoms. The fourth-order valence-electron chi connectivity index (χ4n) is 3.49. The largest absolute Gasteiger partial charge is 0.497 e. The Morgan fingerprint density at radius 2 is 1.96 bits per heavy atom. The summed E-state index contributed by atoms with van der Waals surface area (Å²) >= 11 is 1.72. The van der Waals surface area contributed by atoms with Gasteiger partial charge in [0.2, 0.25) is 0 Å². The van der Waals surface area contributed by atoms with Crippen molar-refractivity contribution in [2.75, 3.05) is 19.5 Å². The van der Waals surface area contributed by atoms with Crippen molar-refractivity contribution in [3.8, 4) is 11.5 Å². The maximum atomic E-state index is 12.7. The molecule has 0 fully saturated rings. The average molecular weight is 344 g/mol. The summed E-state index contributed by atoms with van der Waals surface area (Å²) in [6, 6.07) is 5.63. The number of methoxy groups -OCH3 is 2. The molecule has 1 atom stereocenters. The number of thiophene rings is 1. The molecule has 2 N–H and O–H groups in total. The minimum atomic E-state index is -0.300. The number of nitrogens with one attached hydrogen (secondary N) is 2. The Bertz CT molecular complexity index is 800. The van der Waals surface area contributed by atoms with Crippen LogP contribution in [0, 0.1) is 0 Å². The van der Waals surface area contributed by atoms with E-state index in [4.69, 9.17) is 9.47 Å². The first kappa shape index (κ1) is 15.3. The van der Waals surface area contributed by atoms with Crippen molar-refractivity contribution in [2.24, 2.45) is 0 Å². The van der Waals surface area contributed by atoms with Gasteiger partial charge >= 0.3 is 0 Å². The smallest absolute Gasteiger partial charge is 0.256 e. The second kappa shape index (κ2) is 6.02. The van der Waals surface area contributed by atoms with Crippen LogP contribution in [0.3, 0.4) is 0 Å². The van der Waals surface area contributed by atoms with Crippen molar-refractivity contribution < 1.29 is 14.3 Å². The molecule has 4 rings (SSSR count). The standard InChI is InChI=1S/C18H20N2O3S/c1-22-10-7-8-11(13(9-10)23-2)16-19-17(21)15-12-5-3-4-6-14(12)24-18(15)20-16/h7-9,16,20H,3-6H2,1-2H3,(H,19,21)/t16-/m1/s1. The van der Waals surface area contributed by atoms with Crippen LogP contribution < -0.4 is 20.1 Å². The van der Waals surface area contributed by atoms with E-state index in [0.29, 0.717) is 5.75 Å². The fraction of sp³-hybridized carbons (Fsp3) is 0.389. The summed E-state index contributed by atoms with van der Waals surface area (Å²) in [6.45, 7) is 0. The van der Waals surface area contributed by atoms with Gasteiger partial charge in [0.25, 0.3) is 5.91 Å². The van der Waals surface area contributed by atoms with Gasteiger partial charge in [0.05, 0.1) is 19.8 Å². The molecular weight excluding hydrogens is 324 g/mol. The van der Waals surface area contributed by atoms with Gasteiger partial charge < -0.3 is 20.1 Å². The third-order valence-electron chi connectivity index (χ3n) is 4.70. The molecule has 6 heteroatoms. The van der Waals surface area contributed by atoms with Crippen LogP contribution >= 0.6 is 11.3 Å². The lowest BCUT2D eigenvalue weighted by Gasteiger charge is -2.28. The number of hydrogen-bond donors (Lipinski definition) is 2. The predicted octanol–water partition coefficient (Wildman–Crippen LogP) is 3.50. The summed E-state index contributed by atoms with van der Waals surface area (Å²) in [7, 11) is 3.25. The van der Waals surface area contributed by atoms with Gasteiger partial charge in [-0.05, 0) is 43.4 Å². The molecule has 1 aliphatic carbocycles. The summed E-state index contributed by atoms with van der Waals surface area (Å²) in [6.07, 6.45) is 4.17. The van der Waals surface area contributed by atoms with Crippen molar-refractivity contribution in [1.82, 2.24) is 5.32 Å².